The Morgan fingerprint density at radius 1 is 1.24 bits per heavy atom. The average molecular weight is 285 g/mol. The summed E-state index contributed by atoms with van der Waals surface area (Å²) in [6.07, 6.45) is 2.13. The first-order valence-corrected chi connectivity index (χ1v) is 7.39. The van der Waals surface area contributed by atoms with Gasteiger partial charge in [0.05, 0.1) is 24.0 Å². The second-order valence-corrected chi connectivity index (χ2v) is 6.41. The van der Waals surface area contributed by atoms with Gasteiger partial charge in [0.1, 0.15) is 0 Å². The van der Waals surface area contributed by atoms with Gasteiger partial charge in [-0.2, -0.15) is 4.98 Å². The summed E-state index contributed by atoms with van der Waals surface area (Å²) in [6, 6.07) is 10.3. The van der Waals surface area contributed by atoms with Crippen molar-refractivity contribution in [2.45, 2.75) is 36.6 Å². The number of ether oxygens (including phenoxy) is 1. The van der Waals surface area contributed by atoms with Crippen LogP contribution in [0.5, 0.6) is 0 Å². The first-order chi connectivity index (χ1) is 10.2. The molecule has 5 nitrogen and oxygen atoms in total. The molecule has 1 aromatic heterocycles. The highest BCUT2D eigenvalue weighted by Gasteiger charge is 2.51. The summed E-state index contributed by atoms with van der Waals surface area (Å²) in [5, 5.41) is 4.25. The molecule has 2 fully saturated rings. The van der Waals surface area contributed by atoms with Crippen molar-refractivity contribution in [3.63, 3.8) is 0 Å². The largest absolute Gasteiger partial charge is 0.379 e. The van der Waals surface area contributed by atoms with Crippen molar-refractivity contribution >= 4 is 0 Å². The minimum Gasteiger partial charge on any atom is -0.379 e. The maximum Gasteiger partial charge on any atom is 0.236 e. The van der Waals surface area contributed by atoms with Crippen molar-refractivity contribution in [3.05, 3.63) is 47.6 Å². The van der Waals surface area contributed by atoms with Crippen molar-refractivity contribution < 1.29 is 9.26 Å². The average Bonchev–Trinajstić information content (AvgIpc) is 3.03. The molecule has 1 saturated carbocycles. The first kappa shape index (κ1) is 13.0. The Morgan fingerprint density at radius 3 is 2.62 bits per heavy atom. The summed E-state index contributed by atoms with van der Waals surface area (Å²) in [7, 11) is 0. The van der Waals surface area contributed by atoms with Gasteiger partial charge in [0, 0.05) is 6.04 Å². The van der Waals surface area contributed by atoms with Crippen molar-refractivity contribution in [3.8, 4) is 0 Å². The first-order valence-electron chi connectivity index (χ1n) is 7.39. The molecule has 1 aromatic carbocycles. The Hall–Kier alpha value is -1.72. The molecule has 0 bridgehead atoms. The quantitative estimate of drug-likeness (QED) is 0.930. The van der Waals surface area contributed by atoms with E-state index in [0.717, 1.165) is 18.7 Å². The van der Waals surface area contributed by atoms with Gasteiger partial charge in [-0.25, -0.2) is 0 Å². The van der Waals surface area contributed by atoms with E-state index in [9.17, 15) is 0 Å². The summed E-state index contributed by atoms with van der Waals surface area (Å²) in [5.74, 6) is 1.38. The number of nitrogens with two attached hydrogens (primary N) is 1. The maximum atomic E-state index is 6.14. The second-order valence-electron chi connectivity index (χ2n) is 6.41. The van der Waals surface area contributed by atoms with Crippen LogP contribution in [-0.4, -0.2) is 29.4 Å². The monoisotopic (exact) mass is 285 g/mol. The SMILES string of the molecule is CC1(c2nc(C3(c4ccccc4)CC3)no2)COCC1N. The molecule has 2 aromatic rings. The Kier molecular flexibility index (Phi) is 2.71. The van der Waals surface area contributed by atoms with Crippen molar-refractivity contribution in [1.82, 2.24) is 10.1 Å². The Morgan fingerprint density at radius 2 is 2.00 bits per heavy atom. The number of aromatic nitrogens is 2. The molecular weight excluding hydrogens is 266 g/mol. The van der Waals surface area contributed by atoms with Crippen molar-refractivity contribution in [1.29, 1.82) is 0 Å². The summed E-state index contributed by atoms with van der Waals surface area (Å²) in [4.78, 5) is 4.69. The van der Waals surface area contributed by atoms with Gasteiger partial charge in [-0.05, 0) is 25.3 Å². The van der Waals surface area contributed by atoms with Crippen LogP contribution < -0.4 is 5.73 Å². The standard InChI is InChI=1S/C16H19N3O2/c1-15(10-20-9-12(15)17)14-18-13(19-21-14)16(7-8-16)11-5-3-2-4-6-11/h2-6,12H,7-10,17H2,1H3. The van der Waals surface area contributed by atoms with Gasteiger partial charge in [-0.1, -0.05) is 35.5 Å². The van der Waals surface area contributed by atoms with Gasteiger partial charge in [-0.3, -0.25) is 0 Å². The number of hydrogen-bond acceptors (Lipinski definition) is 5. The van der Waals surface area contributed by atoms with Crippen LogP contribution in [0.1, 0.15) is 37.0 Å². The predicted molar refractivity (Wildman–Crippen MR) is 76.9 cm³/mol. The van der Waals surface area contributed by atoms with Crippen LogP contribution >= 0.6 is 0 Å². The molecule has 0 amide bonds. The van der Waals surface area contributed by atoms with Crippen molar-refractivity contribution in [2.75, 3.05) is 13.2 Å². The van der Waals surface area contributed by atoms with Gasteiger partial charge < -0.3 is 15.0 Å². The molecule has 4 rings (SSSR count). The lowest BCUT2D eigenvalue weighted by atomic mass is 9.85. The van der Waals surface area contributed by atoms with Gasteiger partial charge in [0.25, 0.3) is 0 Å². The van der Waals surface area contributed by atoms with E-state index in [2.05, 4.69) is 34.4 Å². The number of nitrogens with zero attached hydrogens (tertiary/aromatic N) is 2. The highest BCUT2D eigenvalue weighted by atomic mass is 16.5. The molecule has 2 atom stereocenters. The molecule has 2 N–H and O–H groups in total. The topological polar surface area (TPSA) is 74.2 Å². The third-order valence-electron chi connectivity index (χ3n) is 4.94. The summed E-state index contributed by atoms with van der Waals surface area (Å²) in [6.45, 7) is 3.11. The van der Waals surface area contributed by atoms with Crippen LogP contribution in [0.25, 0.3) is 0 Å². The smallest absolute Gasteiger partial charge is 0.236 e. The molecular formula is C16H19N3O2. The van der Waals surface area contributed by atoms with Crippen LogP contribution in [0.15, 0.2) is 34.9 Å². The highest BCUT2D eigenvalue weighted by molar-refractivity contribution is 5.39. The number of hydrogen-bond donors (Lipinski definition) is 1. The molecule has 2 heterocycles. The van der Waals surface area contributed by atoms with Crippen LogP contribution in [0, 0.1) is 0 Å². The van der Waals surface area contributed by atoms with E-state index in [1.165, 1.54) is 5.56 Å². The molecule has 1 saturated heterocycles. The fourth-order valence-corrected chi connectivity index (χ4v) is 3.08. The maximum absolute atomic E-state index is 6.14. The Balaban J connectivity index is 1.70. The lowest BCUT2D eigenvalue weighted by Gasteiger charge is -2.21. The number of rotatable bonds is 3. The van der Waals surface area contributed by atoms with Gasteiger partial charge in [0.2, 0.25) is 5.89 Å². The fraction of sp³-hybridized carbons (Fsp3) is 0.500. The molecule has 110 valence electrons. The normalized spacial score (nSPS) is 30.5. The summed E-state index contributed by atoms with van der Waals surface area (Å²) >= 11 is 0. The van der Waals surface area contributed by atoms with E-state index in [0.29, 0.717) is 19.1 Å². The van der Waals surface area contributed by atoms with Crippen LogP contribution in [0.4, 0.5) is 0 Å². The zero-order valence-electron chi connectivity index (χ0n) is 12.1. The molecule has 5 heteroatoms. The third kappa shape index (κ3) is 1.84. The molecule has 21 heavy (non-hydrogen) atoms. The minimum absolute atomic E-state index is 0.0665. The summed E-state index contributed by atoms with van der Waals surface area (Å²) < 4.78 is 11.0. The van der Waals surface area contributed by atoms with E-state index in [1.54, 1.807) is 0 Å². The van der Waals surface area contributed by atoms with E-state index >= 15 is 0 Å². The van der Waals surface area contributed by atoms with Crippen molar-refractivity contribution in [2.24, 2.45) is 5.73 Å². The zero-order chi connectivity index (χ0) is 14.5. The fourth-order valence-electron chi connectivity index (χ4n) is 3.08. The summed E-state index contributed by atoms with van der Waals surface area (Å²) in [5.41, 5.74) is 6.95. The van der Waals surface area contributed by atoms with Gasteiger partial charge in [-0.15, -0.1) is 0 Å². The van der Waals surface area contributed by atoms with Crippen LogP contribution in [0.2, 0.25) is 0 Å². The van der Waals surface area contributed by atoms with E-state index < -0.39 is 0 Å². The van der Waals surface area contributed by atoms with E-state index in [-0.39, 0.29) is 16.9 Å². The second kappa shape index (κ2) is 4.39. The molecule has 0 spiro atoms. The lowest BCUT2D eigenvalue weighted by molar-refractivity contribution is 0.169. The Labute approximate surface area is 123 Å². The van der Waals surface area contributed by atoms with Gasteiger partial charge >= 0.3 is 0 Å². The Bertz CT molecular complexity index is 651. The predicted octanol–water partition coefficient (Wildman–Crippen LogP) is 1.76. The molecule has 1 aliphatic carbocycles. The zero-order valence-corrected chi connectivity index (χ0v) is 12.1. The molecule has 1 aliphatic heterocycles. The van der Waals surface area contributed by atoms with Crippen LogP contribution in [-0.2, 0) is 15.6 Å². The number of benzene rings is 1. The van der Waals surface area contributed by atoms with Gasteiger partial charge in [0.15, 0.2) is 5.82 Å². The van der Waals surface area contributed by atoms with E-state index in [4.69, 9.17) is 15.0 Å². The molecule has 0 radical (unpaired) electrons. The lowest BCUT2D eigenvalue weighted by Crippen LogP contribution is -2.42. The minimum atomic E-state index is -0.377. The van der Waals surface area contributed by atoms with Crippen LogP contribution in [0.3, 0.4) is 0 Å². The third-order valence-corrected chi connectivity index (χ3v) is 4.94. The molecule has 2 unspecified atom stereocenters. The molecule has 2 aliphatic rings. The van der Waals surface area contributed by atoms with E-state index in [1.807, 2.05) is 13.0 Å². The highest BCUT2D eigenvalue weighted by Crippen LogP contribution is 2.52.